The molecule has 1 atom stereocenters. The lowest BCUT2D eigenvalue weighted by atomic mass is 10.1. The molecule has 0 amide bonds. The van der Waals surface area contributed by atoms with E-state index in [2.05, 4.69) is 4.72 Å². The van der Waals surface area contributed by atoms with E-state index in [1.807, 2.05) is 0 Å². The highest BCUT2D eigenvalue weighted by atomic mass is 32.2. The van der Waals surface area contributed by atoms with Crippen molar-refractivity contribution >= 4 is 10.0 Å². The summed E-state index contributed by atoms with van der Waals surface area (Å²) in [7, 11) is -3.74. The predicted octanol–water partition coefficient (Wildman–Crippen LogP) is 1.42. The lowest BCUT2D eigenvalue weighted by Gasteiger charge is -2.12. The van der Waals surface area contributed by atoms with Crippen LogP contribution in [-0.4, -0.2) is 27.2 Å². The molecular formula is C11H15F3N2O2S. The normalized spacial score (nSPS) is 14.4. The summed E-state index contributed by atoms with van der Waals surface area (Å²) in [5.41, 5.74) is 5.31. The Balaban J connectivity index is 2.87. The van der Waals surface area contributed by atoms with Gasteiger partial charge in [-0.05, 0) is 24.6 Å². The smallest absolute Gasteiger partial charge is 0.329 e. The average molecular weight is 296 g/mol. The highest BCUT2D eigenvalue weighted by Gasteiger charge is 2.27. The second-order valence-corrected chi connectivity index (χ2v) is 5.91. The fraction of sp³-hybridized carbons (Fsp3) is 0.455. The summed E-state index contributed by atoms with van der Waals surface area (Å²) in [6.45, 7) is 1.72. The van der Waals surface area contributed by atoms with E-state index in [0.29, 0.717) is 0 Å². The Morgan fingerprint density at radius 3 is 2.21 bits per heavy atom. The number of rotatable bonds is 5. The Bertz CT molecular complexity index is 512. The molecule has 0 aliphatic carbocycles. The van der Waals surface area contributed by atoms with Crippen LogP contribution in [0.4, 0.5) is 13.2 Å². The fourth-order valence-corrected chi connectivity index (χ4v) is 2.66. The number of sulfonamides is 1. The van der Waals surface area contributed by atoms with Gasteiger partial charge in [0.25, 0.3) is 0 Å². The number of halogens is 3. The maximum Gasteiger partial charge on any atom is 0.393 e. The van der Waals surface area contributed by atoms with Crippen LogP contribution in [0.15, 0.2) is 29.2 Å². The van der Waals surface area contributed by atoms with Crippen molar-refractivity contribution in [2.75, 3.05) is 6.54 Å². The van der Waals surface area contributed by atoms with Gasteiger partial charge in [0.05, 0.1) is 11.3 Å². The molecule has 0 aliphatic heterocycles. The molecule has 0 fully saturated rings. The SMILES string of the molecule is C[C@@H](CN)NS(=O)(=O)c1ccc(CC(F)(F)F)cc1. The number of hydrogen-bond donors (Lipinski definition) is 2. The highest BCUT2D eigenvalue weighted by Crippen LogP contribution is 2.22. The molecule has 0 aromatic heterocycles. The summed E-state index contributed by atoms with van der Waals surface area (Å²) in [6, 6.07) is 4.14. The minimum absolute atomic E-state index is 0.0123. The van der Waals surface area contributed by atoms with Gasteiger partial charge in [0, 0.05) is 12.6 Å². The largest absolute Gasteiger partial charge is 0.393 e. The summed E-state index contributed by atoms with van der Waals surface area (Å²) in [5.74, 6) is 0. The first kappa shape index (κ1) is 15.9. The summed E-state index contributed by atoms with van der Waals surface area (Å²) in [5, 5.41) is 0. The Labute approximate surface area is 109 Å². The van der Waals surface area contributed by atoms with E-state index in [0.717, 1.165) is 24.3 Å². The van der Waals surface area contributed by atoms with Crippen molar-refractivity contribution in [1.82, 2.24) is 4.72 Å². The zero-order valence-corrected chi connectivity index (χ0v) is 11.1. The molecule has 108 valence electrons. The number of nitrogens with two attached hydrogens (primary N) is 1. The monoisotopic (exact) mass is 296 g/mol. The van der Waals surface area contributed by atoms with E-state index >= 15 is 0 Å². The van der Waals surface area contributed by atoms with Crippen LogP contribution in [0.25, 0.3) is 0 Å². The van der Waals surface area contributed by atoms with Crippen LogP contribution in [0, 0.1) is 0 Å². The Morgan fingerprint density at radius 2 is 1.79 bits per heavy atom. The van der Waals surface area contributed by atoms with E-state index < -0.39 is 28.7 Å². The zero-order valence-electron chi connectivity index (χ0n) is 10.2. The Kier molecular flexibility index (Phi) is 4.94. The van der Waals surface area contributed by atoms with Gasteiger partial charge in [-0.1, -0.05) is 12.1 Å². The van der Waals surface area contributed by atoms with Crippen LogP contribution < -0.4 is 10.5 Å². The second kappa shape index (κ2) is 5.89. The minimum Gasteiger partial charge on any atom is -0.329 e. The van der Waals surface area contributed by atoms with E-state index in [4.69, 9.17) is 5.73 Å². The maximum absolute atomic E-state index is 12.1. The van der Waals surface area contributed by atoms with E-state index in [1.165, 1.54) is 0 Å². The van der Waals surface area contributed by atoms with Gasteiger partial charge in [-0.3, -0.25) is 0 Å². The third-order valence-electron chi connectivity index (χ3n) is 2.35. The topological polar surface area (TPSA) is 72.2 Å². The maximum atomic E-state index is 12.1. The van der Waals surface area contributed by atoms with E-state index in [9.17, 15) is 21.6 Å². The molecule has 0 bridgehead atoms. The molecular weight excluding hydrogens is 281 g/mol. The minimum atomic E-state index is -4.31. The number of hydrogen-bond acceptors (Lipinski definition) is 3. The van der Waals surface area contributed by atoms with Gasteiger partial charge >= 0.3 is 6.18 Å². The molecule has 0 heterocycles. The second-order valence-electron chi connectivity index (χ2n) is 4.19. The summed E-state index contributed by atoms with van der Waals surface area (Å²) < 4.78 is 62.4. The first-order valence-electron chi connectivity index (χ1n) is 5.52. The molecule has 1 rings (SSSR count). The number of nitrogens with one attached hydrogen (secondary N) is 1. The van der Waals surface area contributed by atoms with Crippen LogP contribution in [0.5, 0.6) is 0 Å². The molecule has 1 aromatic carbocycles. The number of benzene rings is 1. The van der Waals surface area contributed by atoms with Crippen molar-refractivity contribution < 1.29 is 21.6 Å². The van der Waals surface area contributed by atoms with Gasteiger partial charge in [0.2, 0.25) is 10.0 Å². The van der Waals surface area contributed by atoms with E-state index in [-0.39, 0.29) is 17.0 Å². The van der Waals surface area contributed by atoms with Gasteiger partial charge in [-0.2, -0.15) is 13.2 Å². The number of alkyl halides is 3. The fourth-order valence-electron chi connectivity index (χ4n) is 1.40. The summed E-state index contributed by atoms with van der Waals surface area (Å²) in [4.78, 5) is -0.0845. The summed E-state index contributed by atoms with van der Waals surface area (Å²) >= 11 is 0. The van der Waals surface area contributed by atoms with Crippen LogP contribution in [0.3, 0.4) is 0 Å². The lowest BCUT2D eigenvalue weighted by molar-refractivity contribution is -0.127. The third kappa shape index (κ3) is 5.17. The molecule has 0 spiro atoms. The van der Waals surface area contributed by atoms with Crippen molar-refractivity contribution in [2.24, 2.45) is 5.73 Å². The molecule has 3 N–H and O–H groups in total. The highest BCUT2D eigenvalue weighted by molar-refractivity contribution is 7.89. The Morgan fingerprint density at radius 1 is 1.26 bits per heavy atom. The van der Waals surface area contributed by atoms with Crippen LogP contribution in [0.2, 0.25) is 0 Å². The van der Waals surface area contributed by atoms with Crippen molar-refractivity contribution in [3.63, 3.8) is 0 Å². The standard InChI is InChI=1S/C11H15F3N2O2S/c1-8(7-15)16-19(17,18)10-4-2-9(3-5-10)6-11(12,13)14/h2-5,8,16H,6-7,15H2,1H3/t8-/m0/s1. The molecule has 0 radical (unpaired) electrons. The van der Waals surface area contributed by atoms with Crippen LogP contribution >= 0.6 is 0 Å². The van der Waals surface area contributed by atoms with E-state index in [1.54, 1.807) is 6.92 Å². The molecule has 19 heavy (non-hydrogen) atoms. The molecule has 0 saturated carbocycles. The molecule has 1 aromatic rings. The van der Waals surface area contributed by atoms with Crippen LogP contribution in [-0.2, 0) is 16.4 Å². The van der Waals surface area contributed by atoms with Crippen molar-refractivity contribution in [3.05, 3.63) is 29.8 Å². The van der Waals surface area contributed by atoms with Gasteiger partial charge in [-0.15, -0.1) is 0 Å². The summed E-state index contributed by atoms with van der Waals surface area (Å²) in [6.07, 6.45) is -5.40. The van der Waals surface area contributed by atoms with Gasteiger partial charge in [0.1, 0.15) is 0 Å². The Hall–Kier alpha value is -1.12. The zero-order chi connectivity index (χ0) is 14.7. The van der Waals surface area contributed by atoms with Gasteiger partial charge < -0.3 is 5.73 Å². The van der Waals surface area contributed by atoms with Crippen LogP contribution in [0.1, 0.15) is 12.5 Å². The first-order valence-corrected chi connectivity index (χ1v) is 7.00. The molecule has 4 nitrogen and oxygen atoms in total. The van der Waals surface area contributed by atoms with Crippen molar-refractivity contribution in [2.45, 2.75) is 30.5 Å². The third-order valence-corrected chi connectivity index (χ3v) is 3.95. The van der Waals surface area contributed by atoms with Gasteiger partial charge in [-0.25, -0.2) is 13.1 Å². The lowest BCUT2D eigenvalue weighted by Crippen LogP contribution is -2.37. The molecule has 0 aliphatic rings. The van der Waals surface area contributed by atoms with Gasteiger partial charge in [0.15, 0.2) is 0 Å². The predicted molar refractivity (Wildman–Crippen MR) is 65.0 cm³/mol. The average Bonchev–Trinajstić information content (AvgIpc) is 2.26. The quantitative estimate of drug-likeness (QED) is 0.863. The molecule has 0 saturated heterocycles. The first-order chi connectivity index (χ1) is 8.64. The molecule has 8 heteroatoms. The van der Waals surface area contributed by atoms with Crippen molar-refractivity contribution in [1.29, 1.82) is 0 Å². The molecule has 0 unspecified atom stereocenters. The van der Waals surface area contributed by atoms with Crippen molar-refractivity contribution in [3.8, 4) is 0 Å².